The molecule has 1 saturated heterocycles. The van der Waals surface area contributed by atoms with Gasteiger partial charge >= 0.3 is 0 Å². The van der Waals surface area contributed by atoms with Crippen LogP contribution in [0.2, 0.25) is 0 Å². The highest BCUT2D eigenvalue weighted by Gasteiger charge is 2.42. The number of nitrogens with two attached hydrogens (primary N) is 1. The second-order valence-corrected chi connectivity index (χ2v) is 6.60. The molecule has 20 heavy (non-hydrogen) atoms. The molecule has 1 aliphatic heterocycles. The molecule has 0 bridgehead atoms. The standard InChI is InChI=1S/C15H21BrN2O2/c1-10(2)13-9-15(14(17)19,7-8-20-13)18-12-5-3-11(16)4-6-12/h3-6,10,13,18H,7-9H2,1-2H3,(H2,17,19). The van der Waals surface area contributed by atoms with Crippen LogP contribution in [0.15, 0.2) is 28.7 Å². The zero-order chi connectivity index (χ0) is 14.8. The van der Waals surface area contributed by atoms with Gasteiger partial charge in [0.05, 0.1) is 6.10 Å². The Hall–Kier alpha value is -1.07. The third-order valence-electron chi connectivity index (χ3n) is 3.85. The topological polar surface area (TPSA) is 64.3 Å². The van der Waals surface area contributed by atoms with Crippen LogP contribution in [-0.4, -0.2) is 24.2 Å². The van der Waals surface area contributed by atoms with Crippen LogP contribution < -0.4 is 11.1 Å². The molecule has 1 aliphatic rings. The van der Waals surface area contributed by atoms with Crippen LogP contribution in [0.5, 0.6) is 0 Å². The molecule has 3 N–H and O–H groups in total. The Labute approximate surface area is 128 Å². The molecule has 1 fully saturated rings. The van der Waals surface area contributed by atoms with Gasteiger partial charge in [0.15, 0.2) is 0 Å². The lowest BCUT2D eigenvalue weighted by atomic mass is 9.82. The third kappa shape index (κ3) is 3.33. The summed E-state index contributed by atoms with van der Waals surface area (Å²) in [5.41, 5.74) is 5.85. The number of amides is 1. The van der Waals surface area contributed by atoms with E-state index >= 15 is 0 Å². The minimum Gasteiger partial charge on any atom is -0.378 e. The van der Waals surface area contributed by atoms with Gasteiger partial charge in [-0.2, -0.15) is 0 Å². The summed E-state index contributed by atoms with van der Waals surface area (Å²) in [7, 11) is 0. The zero-order valence-electron chi connectivity index (χ0n) is 11.9. The summed E-state index contributed by atoms with van der Waals surface area (Å²) < 4.78 is 6.75. The lowest BCUT2D eigenvalue weighted by molar-refractivity contribution is -0.128. The highest BCUT2D eigenvalue weighted by Crippen LogP contribution is 2.32. The summed E-state index contributed by atoms with van der Waals surface area (Å²) in [4.78, 5) is 12.0. The van der Waals surface area contributed by atoms with E-state index in [-0.39, 0.29) is 12.0 Å². The van der Waals surface area contributed by atoms with Crippen LogP contribution in [0.1, 0.15) is 26.7 Å². The van der Waals surface area contributed by atoms with Crippen molar-refractivity contribution in [2.24, 2.45) is 11.7 Å². The second-order valence-electron chi connectivity index (χ2n) is 5.69. The molecule has 0 radical (unpaired) electrons. The molecule has 2 atom stereocenters. The van der Waals surface area contributed by atoms with Gasteiger partial charge < -0.3 is 15.8 Å². The van der Waals surface area contributed by atoms with E-state index in [1.807, 2.05) is 24.3 Å². The lowest BCUT2D eigenvalue weighted by Gasteiger charge is -2.41. The van der Waals surface area contributed by atoms with Crippen molar-refractivity contribution in [3.63, 3.8) is 0 Å². The molecule has 0 aliphatic carbocycles. The first kappa shape index (κ1) is 15.3. The fraction of sp³-hybridized carbons (Fsp3) is 0.533. The molecule has 0 saturated carbocycles. The Kier molecular flexibility index (Phi) is 4.70. The number of carbonyl (C=O) groups excluding carboxylic acids is 1. The number of anilines is 1. The van der Waals surface area contributed by atoms with Gasteiger partial charge in [-0.3, -0.25) is 4.79 Å². The van der Waals surface area contributed by atoms with Crippen LogP contribution in [0.3, 0.4) is 0 Å². The number of halogens is 1. The molecule has 4 nitrogen and oxygen atoms in total. The Morgan fingerprint density at radius 1 is 1.45 bits per heavy atom. The normalized spacial score (nSPS) is 26.5. The summed E-state index contributed by atoms with van der Waals surface area (Å²) in [6.07, 6.45) is 1.26. The number of ether oxygens (including phenoxy) is 1. The molecule has 1 heterocycles. The maximum atomic E-state index is 12.0. The summed E-state index contributed by atoms with van der Waals surface area (Å²) in [6.45, 7) is 4.75. The average Bonchev–Trinajstić information content (AvgIpc) is 2.41. The van der Waals surface area contributed by atoms with Crippen molar-refractivity contribution in [1.29, 1.82) is 0 Å². The predicted molar refractivity (Wildman–Crippen MR) is 83.5 cm³/mol. The van der Waals surface area contributed by atoms with E-state index in [9.17, 15) is 4.79 Å². The van der Waals surface area contributed by atoms with Gasteiger partial charge in [0.25, 0.3) is 0 Å². The van der Waals surface area contributed by atoms with Gasteiger partial charge in [-0.25, -0.2) is 0 Å². The number of nitrogens with one attached hydrogen (secondary N) is 1. The minimum atomic E-state index is -0.721. The fourth-order valence-electron chi connectivity index (χ4n) is 2.53. The van der Waals surface area contributed by atoms with Gasteiger partial charge in [0, 0.05) is 29.6 Å². The van der Waals surface area contributed by atoms with Crippen molar-refractivity contribution >= 4 is 27.5 Å². The van der Waals surface area contributed by atoms with Gasteiger partial charge in [0.2, 0.25) is 5.91 Å². The van der Waals surface area contributed by atoms with E-state index in [4.69, 9.17) is 10.5 Å². The van der Waals surface area contributed by atoms with E-state index in [1.54, 1.807) is 0 Å². The van der Waals surface area contributed by atoms with Crippen LogP contribution in [0, 0.1) is 5.92 Å². The molecular weight excluding hydrogens is 320 g/mol. The Morgan fingerprint density at radius 3 is 2.65 bits per heavy atom. The molecule has 110 valence electrons. The molecule has 2 rings (SSSR count). The molecule has 0 aromatic heterocycles. The third-order valence-corrected chi connectivity index (χ3v) is 4.38. The Bertz CT molecular complexity index is 475. The molecule has 1 aromatic carbocycles. The molecule has 5 heteroatoms. The first-order valence-electron chi connectivity index (χ1n) is 6.88. The lowest BCUT2D eigenvalue weighted by Crippen LogP contribution is -2.56. The molecule has 2 unspecified atom stereocenters. The summed E-state index contributed by atoms with van der Waals surface area (Å²) in [6, 6.07) is 7.76. The van der Waals surface area contributed by atoms with Gasteiger partial charge in [0.1, 0.15) is 5.54 Å². The number of rotatable bonds is 4. The molecule has 1 amide bonds. The van der Waals surface area contributed by atoms with Crippen molar-refractivity contribution in [1.82, 2.24) is 0 Å². The summed E-state index contributed by atoms with van der Waals surface area (Å²) in [5, 5.41) is 3.33. The fourth-order valence-corrected chi connectivity index (χ4v) is 2.79. The van der Waals surface area contributed by atoms with Crippen molar-refractivity contribution < 1.29 is 9.53 Å². The van der Waals surface area contributed by atoms with E-state index in [1.165, 1.54) is 0 Å². The van der Waals surface area contributed by atoms with E-state index in [0.29, 0.717) is 25.4 Å². The first-order valence-corrected chi connectivity index (χ1v) is 7.67. The molecule has 0 spiro atoms. The second kappa shape index (κ2) is 6.14. The van der Waals surface area contributed by atoms with E-state index in [2.05, 4.69) is 35.1 Å². The van der Waals surface area contributed by atoms with Gasteiger partial charge in [-0.05, 0) is 30.2 Å². The quantitative estimate of drug-likeness (QED) is 0.885. The Morgan fingerprint density at radius 2 is 2.10 bits per heavy atom. The van der Waals surface area contributed by atoms with E-state index in [0.717, 1.165) is 10.2 Å². The average molecular weight is 341 g/mol. The maximum absolute atomic E-state index is 12.0. The number of primary amides is 1. The highest BCUT2D eigenvalue weighted by molar-refractivity contribution is 9.10. The predicted octanol–water partition coefficient (Wildman–Crippen LogP) is 2.92. The van der Waals surface area contributed by atoms with Crippen molar-refractivity contribution in [2.45, 2.75) is 38.3 Å². The smallest absolute Gasteiger partial charge is 0.243 e. The Balaban J connectivity index is 2.21. The van der Waals surface area contributed by atoms with Crippen LogP contribution in [0.25, 0.3) is 0 Å². The number of benzene rings is 1. The largest absolute Gasteiger partial charge is 0.378 e. The monoisotopic (exact) mass is 340 g/mol. The van der Waals surface area contributed by atoms with Crippen molar-refractivity contribution in [2.75, 3.05) is 11.9 Å². The highest BCUT2D eigenvalue weighted by atomic mass is 79.9. The van der Waals surface area contributed by atoms with Crippen LogP contribution in [-0.2, 0) is 9.53 Å². The molecular formula is C15H21BrN2O2. The van der Waals surface area contributed by atoms with Crippen molar-refractivity contribution in [3.8, 4) is 0 Å². The van der Waals surface area contributed by atoms with Gasteiger partial charge in [-0.15, -0.1) is 0 Å². The molecule has 1 aromatic rings. The van der Waals surface area contributed by atoms with Crippen LogP contribution in [0.4, 0.5) is 5.69 Å². The zero-order valence-corrected chi connectivity index (χ0v) is 13.4. The van der Waals surface area contributed by atoms with E-state index < -0.39 is 5.54 Å². The number of carbonyl (C=O) groups is 1. The minimum absolute atomic E-state index is 0.0548. The number of hydrogen-bond acceptors (Lipinski definition) is 3. The SMILES string of the molecule is CC(C)C1CC(Nc2ccc(Br)cc2)(C(N)=O)CCO1. The summed E-state index contributed by atoms with van der Waals surface area (Å²) in [5.74, 6) is 0.0510. The maximum Gasteiger partial charge on any atom is 0.243 e. The number of hydrogen-bond donors (Lipinski definition) is 2. The van der Waals surface area contributed by atoms with Crippen molar-refractivity contribution in [3.05, 3.63) is 28.7 Å². The van der Waals surface area contributed by atoms with Gasteiger partial charge in [-0.1, -0.05) is 29.8 Å². The van der Waals surface area contributed by atoms with Crippen LogP contribution >= 0.6 is 15.9 Å². The first-order chi connectivity index (χ1) is 9.43. The summed E-state index contributed by atoms with van der Waals surface area (Å²) >= 11 is 3.40.